The van der Waals surface area contributed by atoms with E-state index in [0.29, 0.717) is 19.8 Å². The molecular formula is C47H93NO6. The van der Waals surface area contributed by atoms with Gasteiger partial charge < -0.3 is 24.6 Å². The van der Waals surface area contributed by atoms with Crippen LogP contribution in [0.1, 0.15) is 227 Å². The summed E-state index contributed by atoms with van der Waals surface area (Å²) in [6.45, 7) is 12.4. The molecular weight excluding hydrogens is 675 g/mol. The summed E-state index contributed by atoms with van der Waals surface area (Å²) in [4.78, 5) is 28.2. The Hall–Kier alpha value is -1.18. The van der Waals surface area contributed by atoms with Crippen LogP contribution in [-0.2, 0) is 19.1 Å². The van der Waals surface area contributed by atoms with Gasteiger partial charge in [0.15, 0.2) is 0 Å². The Labute approximate surface area is 335 Å². The topological polar surface area (TPSA) is 96.3 Å². The fourth-order valence-corrected chi connectivity index (χ4v) is 7.69. The van der Waals surface area contributed by atoms with Crippen molar-refractivity contribution in [2.75, 3.05) is 46.1 Å². The van der Waals surface area contributed by atoms with Crippen LogP contribution in [0.15, 0.2) is 0 Å². The maximum Gasteiger partial charge on any atom is 0.308 e. The number of nitrogens with zero attached hydrogens (tertiary/aromatic N) is 1. The minimum Gasteiger partial charge on any atom is -0.465 e. The Morgan fingerprint density at radius 1 is 0.444 bits per heavy atom. The van der Waals surface area contributed by atoms with E-state index in [-0.39, 0.29) is 42.9 Å². The van der Waals surface area contributed by atoms with E-state index in [4.69, 9.17) is 9.47 Å². The Bertz CT molecular complexity index is 794. The predicted octanol–water partition coefficient (Wildman–Crippen LogP) is 12.4. The highest BCUT2D eigenvalue weighted by molar-refractivity contribution is 5.72. The Balaban J connectivity index is 4.43. The monoisotopic (exact) mass is 768 g/mol. The van der Waals surface area contributed by atoms with E-state index in [1.54, 1.807) is 0 Å². The number of unbranched alkanes of at least 4 members (excludes halogenated alkanes) is 20. The van der Waals surface area contributed by atoms with Gasteiger partial charge in [0.25, 0.3) is 0 Å². The van der Waals surface area contributed by atoms with Crippen LogP contribution in [0.2, 0.25) is 0 Å². The van der Waals surface area contributed by atoms with Crippen molar-refractivity contribution in [3.05, 3.63) is 0 Å². The van der Waals surface area contributed by atoms with Crippen molar-refractivity contribution in [3.63, 3.8) is 0 Å². The molecule has 0 radical (unpaired) electrons. The summed E-state index contributed by atoms with van der Waals surface area (Å²) in [5, 5.41) is 19.8. The number of hydrogen-bond acceptors (Lipinski definition) is 7. The number of hydrogen-bond donors (Lipinski definition) is 2. The van der Waals surface area contributed by atoms with Gasteiger partial charge in [0, 0.05) is 19.7 Å². The highest BCUT2D eigenvalue weighted by Crippen LogP contribution is 2.22. The van der Waals surface area contributed by atoms with E-state index >= 15 is 0 Å². The summed E-state index contributed by atoms with van der Waals surface area (Å²) in [6.07, 6.45) is 35.0. The molecule has 322 valence electrons. The molecule has 0 saturated carbocycles. The van der Waals surface area contributed by atoms with Crippen molar-refractivity contribution in [3.8, 4) is 0 Å². The molecule has 3 unspecified atom stereocenters. The molecule has 0 heterocycles. The van der Waals surface area contributed by atoms with E-state index in [2.05, 4.69) is 32.6 Å². The van der Waals surface area contributed by atoms with Crippen molar-refractivity contribution < 1.29 is 29.3 Å². The maximum atomic E-state index is 13.0. The molecule has 0 spiro atoms. The molecule has 0 bridgehead atoms. The third kappa shape index (κ3) is 33.0. The first-order valence-corrected chi connectivity index (χ1v) is 23.7. The van der Waals surface area contributed by atoms with Gasteiger partial charge in [-0.1, -0.05) is 169 Å². The summed E-state index contributed by atoms with van der Waals surface area (Å²) in [6, 6.07) is 0. The normalized spacial score (nSPS) is 13.3. The van der Waals surface area contributed by atoms with Crippen molar-refractivity contribution in [2.45, 2.75) is 227 Å². The van der Waals surface area contributed by atoms with Gasteiger partial charge >= 0.3 is 11.9 Å². The van der Waals surface area contributed by atoms with Crippen molar-refractivity contribution >= 4 is 11.9 Å². The van der Waals surface area contributed by atoms with Crippen LogP contribution in [0.3, 0.4) is 0 Å². The molecule has 0 aliphatic carbocycles. The first kappa shape index (κ1) is 52.8. The molecule has 0 aromatic carbocycles. The van der Waals surface area contributed by atoms with Crippen LogP contribution in [0, 0.1) is 17.8 Å². The average Bonchev–Trinajstić information content (AvgIpc) is 3.17. The van der Waals surface area contributed by atoms with Crippen LogP contribution in [0.5, 0.6) is 0 Å². The third-order valence-corrected chi connectivity index (χ3v) is 11.3. The molecule has 0 aromatic heterocycles. The summed E-state index contributed by atoms with van der Waals surface area (Å²) in [5.41, 5.74) is 0. The van der Waals surface area contributed by atoms with Crippen molar-refractivity contribution in [1.82, 2.24) is 4.90 Å². The van der Waals surface area contributed by atoms with Gasteiger partial charge in [0.2, 0.25) is 0 Å². The molecule has 54 heavy (non-hydrogen) atoms. The molecule has 0 amide bonds. The number of ether oxygens (including phenoxy) is 2. The molecule has 3 atom stereocenters. The summed E-state index contributed by atoms with van der Waals surface area (Å²) < 4.78 is 11.6. The van der Waals surface area contributed by atoms with Gasteiger partial charge in [0.1, 0.15) is 0 Å². The standard InChI is InChI=1S/C47H93NO6/c1-5-9-13-17-19-25-34-44(32-23-15-11-7-3)46(51)53-39-29-22-21-28-36-48(37-38-49)41-43(42-50)31-27-30-40-54-47(52)45(33-24-16-12-8-4)35-26-20-18-14-10-6-2/h43-45,49-50H,5-42H2,1-4H3. The quantitative estimate of drug-likeness (QED) is 0.0471. The van der Waals surface area contributed by atoms with E-state index in [1.807, 2.05) is 0 Å². The van der Waals surface area contributed by atoms with Crippen LogP contribution >= 0.6 is 0 Å². The van der Waals surface area contributed by atoms with E-state index in [1.165, 1.54) is 103 Å². The Morgan fingerprint density at radius 2 is 0.796 bits per heavy atom. The first-order valence-electron chi connectivity index (χ1n) is 23.7. The largest absolute Gasteiger partial charge is 0.465 e. The summed E-state index contributed by atoms with van der Waals surface area (Å²) >= 11 is 0. The number of aliphatic hydroxyl groups excluding tert-OH is 2. The molecule has 7 heteroatoms. The number of esters is 2. The van der Waals surface area contributed by atoms with Crippen LogP contribution in [0.4, 0.5) is 0 Å². The SMILES string of the molecule is CCCCCCCCC(CCCCCC)C(=O)OCCCCCCN(CCO)CC(CO)CCCCOC(=O)C(CCCCCC)CCCCCCCC. The highest BCUT2D eigenvalue weighted by atomic mass is 16.5. The zero-order chi connectivity index (χ0) is 39.7. The zero-order valence-corrected chi connectivity index (χ0v) is 36.6. The van der Waals surface area contributed by atoms with Crippen LogP contribution < -0.4 is 0 Å². The molecule has 0 aliphatic rings. The lowest BCUT2D eigenvalue weighted by Crippen LogP contribution is -2.34. The Kier molecular flexibility index (Phi) is 40.5. The van der Waals surface area contributed by atoms with Gasteiger partial charge in [-0.2, -0.15) is 0 Å². The van der Waals surface area contributed by atoms with Crippen molar-refractivity contribution in [1.29, 1.82) is 0 Å². The van der Waals surface area contributed by atoms with Gasteiger partial charge in [-0.15, -0.1) is 0 Å². The lowest BCUT2D eigenvalue weighted by Gasteiger charge is -2.26. The smallest absolute Gasteiger partial charge is 0.308 e. The zero-order valence-electron chi connectivity index (χ0n) is 36.6. The second-order valence-electron chi connectivity index (χ2n) is 16.5. The van der Waals surface area contributed by atoms with E-state index in [0.717, 1.165) is 109 Å². The van der Waals surface area contributed by atoms with Crippen molar-refractivity contribution in [2.24, 2.45) is 17.8 Å². The lowest BCUT2D eigenvalue weighted by atomic mass is 9.94. The second-order valence-corrected chi connectivity index (χ2v) is 16.5. The second kappa shape index (κ2) is 41.5. The average molecular weight is 768 g/mol. The summed E-state index contributed by atoms with van der Waals surface area (Å²) in [7, 11) is 0. The molecule has 0 aromatic rings. The number of carbonyl (C=O) groups is 2. The van der Waals surface area contributed by atoms with Crippen LogP contribution in [-0.4, -0.2) is 73.1 Å². The van der Waals surface area contributed by atoms with E-state index in [9.17, 15) is 19.8 Å². The molecule has 0 fully saturated rings. The molecule has 0 saturated heterocycles. The highest BCUT2D eigenvalue weighted by Gasteiger charge is 2.21. The molecule has 7 nitrogen and oxygen atoms in total. The number of aliphatic hydroxyl groups is 2. The first-order chi connectivity index (χ1) is 26.5. The third-order valence-electron chi connectivity index (χ3n) is 11.3. The predicted molar refractivity (Wildman–Crippen MR) is 229 cm³/mol. The molecule has 2 N–H and O–H groups in total. The Morgan fingerprint density at radius 3 is 1.22 bits per heavy atom. The summed E-state index contributed by atoms with van der Waals surface area (Å²) in [5.74, 6) is 0.269. The van der Waals surface area contributed by atoms with Gasteiger partial charge in [-0.05, 0) is 70.3 Å². The van der Waals surface area contributed by atoms with E-state index < -0.39 is 0 Å². The number of carbonyl (C=O) groups excluding carboxylic acids is 2. The fraction of sp³-hybridized carbons (Fsp3) is 0.957. The van der Waals surface area contributed by atoms with Gasteiger partial charge in [-0.25, -0.2) is 0 Å². The minimum absolute atomic E-state index is 0.00320. The molecule has 0 aliphatic heterocycles. The van der Waals surface area contributed by atoms with Crippen LogP contribution in [0.25, 0.3) is 0 Å². The molecule has 0 rings (SSSR count). The van der Waals surface area contributed by atoms with Gasteiger partial charge in [-0.3, -0.25) is 9.59 Å². The fourth-order valence-electron chi connectivity index (χ4n) is 7.69. The minimum atomic E-state index is -0.00320. The van der Waals surface area contributed by atoms with Gasteiger partial charge in [0.05, 0.1) is 31.7 Å². The lowest BCUT2D eigenvalue weighted by molar-refractivity contribution is -0.150. The maximum absolute atomic E-state index is 13.0. The number of rotatable bonds is 43.